The molecule has 3 unspecified atom stereocenters. The second-order valence-corrected chi connectivity index (χ2v) is 8.71. The Kier molecular flexibility index (Phi) is 5.49. The predicted octanol–water partition coefficient (Wildman–Crippen LogP) is 2.07. The highest BCUT2D eigenvalue weighted by Crippen LogP contribution is 2.40. The highest BCUT2D eigenvalue weighted by Gasteiger charge is 2.35. The molecule has 1 heterocycles. The Hall–Kier alpha value is -0.130. The molecule has 1 saturated heterocycles. The molecular formula is C15H30N2O2S. The molecule has 1 saturated carbocycles. The molecule has 2 aliphatic rings. The van der Waals surface area contributed by atoms with Crippen molar-refractivity contribution in [2.45, 2.75) is 52.0 Å². The molecule has 20 heavy (non-hydrogen) atoms. The van der Waals surface area contributed by atoms with Crippen molar-refractivity contribution in [3.05, 3.63) is 0 Å². The van der Waals surface area contributed by atoms with E-state index in [1.54, 1.807) is 4.31 Å². The number of sulfonamides is 1. The Morgan fingerprint density at radius 2 is 2.00 bits per heavy atom. The van der Waals surface area contributed by atoms with E-state index in [4.69, 9.17) is 0 Å². The third-order valence-corrected chi connectivity index (χ3v) is 6.27. The Bertz CT molecular complexity index is 406. The molecule has 118 valence electrons. The number of hydrogen-bond donors (Lipinski definition) is 1. The molecule has 4 nitrogen and oxygen atoms in total. The van der Waals surface area contributed by atoms with Crippen molar-refractivity contribution in [3.63, 3.8) is 0 Å². The van der Waals surface area contributed by atoms with Gasteiger partial charge in [-0.05, 0) is 56.4 Å². The molecule has 0 spiro atoms. The molecule has 0 bridgehead atoms. The van der Waals surface area contributed by atoms with Gasteiger partial charge in [0.2, 0.25) is 10.0 Å². The Morgan fingerprint density at radius 3 is 2.55 bits per heavy atom. The van der Waals surface area contributed by atoms with Gasteiger partial charge in [-0.15, -0.1) is 0 Å². The van der Waals surface area contributed by atoms with Gasteiger partial charge in [-0.3, -0.25) is 0 Å². The minimum Gasteiger partial charge on any atom is -0.314 e. The molecule has 3 atom stereocenters. The highest BCUT2D eigenvalue weighted by atomic mass is 32.2. The standard InChI is InChI=1S/C15H30N2O2S/c1-4-16-15(12(2)14-7-8-14)10-13-6-5-9-17(11-13)20(3,18)19/h12-16H,4-11H2,1-3H3. The van der Waals surface area contributed by atoms with E-state index in [0.717, 1.165) is 37.8 Å². The summed E-state index contributed by atoms with van der Waals surface area (Å²) in [5.41, 5.74) is 0. The van der Waals surface area contributed by atoms with Crippen molar-refractivity contribution in [3.8, 4) is 0 Å². The van der Waals surface area contributed by atoms with Crippen LogP contribution in [0.25, 0.3) is 0 Å². The molecule has 5 heteroatoms. The molecule has 0 aromatic rings. The molecule has 0 aromatic carbocycles. The van der Waals surface area contributed by atoms with Crippen LogP contribution in [0.5, 0.6) is 0 Å². The maximum atomic E-state index is 11.7. The van der Waals surface area contributed by atoms with Gasteiger partial charge in [0.15, 0.2) is 0 Å². The zero-order chi connectivity index (χ0) is 14.8. The summed E-state index contributed by atoms with van der Waals surface area (Å²) in [5, 5.41) is 3.64. The van der Waals surface area contributed by atoms with Crippen LogP contribution in [0.4, 0.5) is 0 Å². The fourth-order valence-corrected chi connectivity index (χ4v) is 4.52. The fourth-order valence-electron chi connectivity index (χ4n) is 3.58. The average Bonchev–Trinajstić information content (AvgIpc) is 3.21. The van der Waals surface area contributed by atoms with Crippen LogP contribution in [0.1, 0.15) is 46.0 Å². The summed E-state index contributed by atoms with van der Waals surface area (Å²) in [6.45, 7) is 6.96. The lowest BCUT2D eigenvalue weighted by Crippen LogP contribution is -2.43. The molecule has 0 amide bonds. The predicted molar refractivity (Wildman–Crippen MR) is 83.1 cm³/mol. The Labute approximate surface area is 124 Å². The first-order valence-electron chi connectivity index (χ1n) is 8.10. The van der Waals surface area contributed by atoms with Crippen LogP contribution in [0, 0.1) is 17.8 Å². The van der Waals surface area contributed by atoms with E-state index in [2.05, 4.69) is 19.2 Å². The summed E-state index contributed by atoms with van der Waals surface area (Å²) in [5.74, 6) is 2.14. The summed E-state index contributed by atoms with van der Waals surface area (Å²) < 4.78 is 25.1. The zero-order valence-corrected chi connectivity index (χ0v) is 14.0. The first-order valence-corrected chi connectivity index (χ1v) is 9.95. The summed E-state index contributed by atoms with van der Waals surface area (Å²) in [6.07, 6.45) is 7.40. The lowest BCUT2D eigenvalue weighted by molar-refractivity contribution is 0.211. The molecule has 2 fully saturated rings. The van der Waals surface area contributed by atoms with E-state index in [-0.39, 0.29) is 0 Å². The monoisotopic (exact) mass is 302 g/mol. The summed E-state index contributed by atoms with van der Waals surface area (Å²) in [7, 11) is -3.02. The van der Waals surface area contributed by atoms with Crippen LogP contribution in [0.2, 0.25) is 0 Å². The maximum Gasteiger partial charge on any atom is 0.211 e. The third kappa shape index (κ3) is 4.43. The van der Waals surface area contributed by atoms with Crippen LogP contribution < -0.4 is 5.32 Å². The largest absolute Gasteiger partial charge is 0.314 e. The smallest absolute Gasteiger partial charge is 0.211 e. The van der Waals surface area contributed by atoms with Gasteiger partial charge >= 0.3 is 0 Å². The fraction of sp³-hybridized carbons (Fsp3) is 1.00. The van der Waals surface area contributed by atoms with Gasteiger partial charge in [-0.25, -0.2) is 12.7 Å². The van der Waals surface area contributed by atoms with E-state index < -0.39 is 10.0 Å². The normalized spacial score (nSPS) is 28.2. The van der Waals surface area contributed by atoms with Gasteiger partial charge in [-0.2, -0.15) is 0 Å². The number of rotatable bonds is 7. The van der Waals surface area contributed by atoms with Crippen molar-refractivity contribution in [2.75, 3.05) is 25.9 Å². The minimum absolute atomic E-state index is 0.517. The SMILES string of the molecule is CCNC(CC1CCCN(S(C)(=O)=O)C1)C(C)C1CC1. The van der Waals surface area contributed by atoms with E-state index in [9.17, 15) is 8.42 Å². The van der Waals surface area contributed by atoms with E-state index in [1.165, 1.54) is 25.5 Å². The average molecular weight is 302 g/mol. The third-order valence-electron chi connectivity index (χ3n) is 5.00. The molecule has 1 N–H and O–H groups in total. The van der Waals surface area contributed by atoms with E-state index in [1.807, 2.05) is 0 Å². The number of nitrogens with one attached hydrogen (secondary N) is 1. The van der Waals surface area contributed by atoms with Crippen molar-refractivity contribution in [2.24, 2.45) is 17.8 Å². The van der Waals surface area contributed by atoms with Crippen LogP contribution >= 0.6 is 0 Å². The zero-order valence-electron chi connectivity index (χ0n) is 13.1. The Balaban J connectivity index is 1.92. The van der Waals surface area contributed by atoms with Crippen molar-refractivity contribution in [1.29, 1.82) is 0 Å². The summed E-state index contributed by atoms with van der Waals surface area (Å²) in [6, 6.07) is 0.553. The van der Waals surface area contributed by atoms with Gasteiger partial charge in [0.1, 0.15) is 0 Å². The van der Waals surface area contributed by atoms with Crippen LogP contribution in [0.3, 0.4) is 0 Å². The van der Waals surface area contributed by atoms with Gasteiger partial charge in [-0.1, -0.05) is 13.8 Å². The van der Waals surface area contributed by atoms with E-state index >= 15 is 0 Å². The first-order chi connectivity index (χ1) is 9.41. The van der Waals surface area contributed by atoms with E-state index in [0.29, 0.717) is 18.5 Å². The second-order valence-electron chi connectivity index (χ2n) is 6.73. The minimum atomic E-state index is -3.02. The lowest BCUT2D eigenvalue weighted by atomic mass is 9.85. The van der Waals surface area contributed by atoms with Gasteiger partial charge in [0.05, 0.1) is 6.26 Å². The van der Waals surface area contributed by atoms with Crippen LogP contribution in [0.15, 0.2) is 0 Å². The second kappa shape index (κ2) is 6.75. The molecule has 1 aliphatic carbocycles. The van der Waals surface area contributed by atoms with Gasteiger partial charge < -0.3 is 5.32 Å². The Morgan fingerprint density at radius 1 is 1.30 bits per heavy atom. The summed E-state index contributed by atoms with van der Waals surface area (Å²) >= 11 is 0. The molecule has 2 rings (SSSR count). The molecular weight excluding hydrogens is 272 g/mol. The van der Waals surface area contributed by atoms with Crippen molar-refractivity contribution in [1.82, 2.24) is 9.62 Å². The van der Waals surface area contributed by atoms with Gasteiger partial charge in [0.25, 0.3) is 0 Å². The highest BCUT2D eigenvalue weighted by molar-refractivity contribution is 7.88. The quantitative estimate of drug-likeness (QED) is 0.783. The van der Waals surface area contributed by atoms with Crippen LogP contribution in [-0.4, -0.2) is 44.7 Å². The first kappa shape index (κ1) is 16.2. The lowest BCUT2D eigenvalue weighted by Gasteiger charge is -2.35. The maximum absolute atomic E-state index is 11.7. The topological polar surface area (TPSA) is 49.4 Å². The molecule has 1 aliphatic heterocycles. The molecule has 0 radical (unpaired) electrons. The summed E-state index contributed by atoms with van der Waals surface area (Å²) in [4.78, 5) is 0. The van der Waals surface area contributed by atoms with Crippen molar-refractivity contribution < 1.29 is 8.42 Å². The number of nitrogens with zero attached hydrogens (tertiary/aromatic N) is 1. The molecule has 0 aromatic heterocycles. The van der Waals surface area contributed by atoms with Gasteiger partial charge in [0, 0.05) is 19.1 Å². The van der Waals surface area contributed by atoms with Crippen LogP contribution in [-0.2, 0) is 10.0 Å². The number of piperidine rings is 1. The van der Waals surface area contributed by atoms with Crippen molar-refractivity contribution >= 4 is 10.0 Å². The number of hydrogen-bond acceptors (Lipinski definition) is 3.